The zero-order chi connectivity index (χ0) is 26.3. The number of rotatable bonds is 13. The van der Waals surface area contributed by atoms with Crippen molar-refractivity contribution >= 4 is 31.7 Å². The average Bonchev–Trinajstić information content (AvgIpc) is 3.14. The summed E-state index contributed by atoms with van der Waals surface area (Å²) in [4.78, 5) is 17.0. The normalized spacial score (nSPS) is 17.7. The number of methoxy groups -OCH3 is 1. The third-order valence-electron chi connectivity index (χ3n) is 7.30. The quantitative estimate of drug-likeness (QED) is 0.249. The Labute approximate surface area is 211 Å². The standard InChI is InChI=1S/C26H47NO5SSi/c1-18(16-32-34(9,10)25(4,5)6)12-11-13-26(7,24(30)31-8)23(29)15-22(28)19(2)14-21-17-33-20(3)27-21/h14,17-18,22-23,28-29H,11-13,15-16H2,1-10H3/b19-14+/t18-,22-,23+,26-/m0/s1. The number of ether oxygens (including phenoxy) is 1. The molecular weight excluding hydrogens is 466 g/mol. The number of aliphatic hydroxyl groups excluding tert-OH is 2. The predicted molar refractivity (Wildman–Crippen MR) is 143 cm³/mol. The van der Waals surface area contributed by atoms with Crippen molar-refractivity contribution in [2.45, 2.75) is 104 Å². The van der Waals surface area contributed by atoms with E-state index in [4.69, 9.17) is 9.16 Å². The summed E-state index contributed by atoms with van der Waals surface area (Å²) in [7, 11) is -0.450. The molecule has 0 aliphatic heterocycles. The lowest BCUT2D eigenvalue weighted by molar-refractivity contribution is -0.160. The van der Waals surface area contributed by atoms with Gasteiger partial charge < -0.3 is 19.4 Å². The fourth-order valence-electron chi connectivity index (χ4n) is 3.54. The molecule has 1 heterocycles. The van der Waals surface area contributed by atoms with Crippen LogP contribution in [0.3, 0.4) is 0 Å². The second-order valence-electron chi connectivity index (χ2n) is 11.4. The zero-order valence-corrected chi connectivity index (χ0v) is 24.7. The first-order valence-electron chi connectivity index (χ1n) is 12.2. The highest BCUT2D eigenvalue weighted by atomic mass is 32.1. The number of aryl methyl sites for hydroxylation is 1. The number of aromatic nitrogens is 1. The maximum Gasteiger partial charge on any atom is 0.314 e. The minimum atomic E-state index is -1.79. The Morgan fingerprint density at radius 1 is 1.26 bits per heavy atom. The van der Waals surface area contributed by atoms with Crippen molar-refractivity contribution in [3.63, 3.8) is 0 Å². The fraction of sp³-hybridized carbons (Fsp3) is 0.769. The number of carbonyl (C=O) groups excluding carboxylic acids is 1. The van der Waals surface area contributed by atoms with Crippen molar-refractivity contribution in [2.75, 3.05) is 13.7 Å². The van der Waals surface area contributed by atoms with E-state index in [-0.39, 0.29) is 11.5 Å². The van der Waals surface area contributed by atoms with Gasteiger partial charge in [0.1, 0.15) is 0 Å². The summed E-state index contributed by atoms with van der Waals surface area (Å²) in [5.41, 5.74) is 0.402. The lowest BCUT2D eigenvalue weighted by Crippen LogP contribution is -2.43. The molecule has 6 nitrogen and oxygen atoms in total. The van der Waals surface area contributed by atoms with E-state index in [1.807, 2.05) is 25.3 Å². The van der Waals surface area contributed by atoms with E-state index < -0.39 is 31.9 Å². The molecule has 4 atom stereocenters. The topological polar surface area (TPSA) is 88.9 Å². The molecule has 1 aromatic heterocycles. The average molecular weight is 514 g/mol. The Kier molecular flexibility index (Phi) is 11.6. The molecule has 196 valence electrons. The Hall–Kier alpha value is -1.06. The predicted octanol–water partition coefficient (Wildman–Crippen LogP) is 5.97. The molecular formula is C26H47NO5SSi. The molecule has 0 amide bonds. The first-order chi connectivity index (χ1) is 15.5. The van der Waals surface area contributed by atoms with Crippen LogP contribution in [0.4, 0.5) is 0 Å². The molecule has 1 aromatic rings. The summed E-state index contributed by atoms with van der Waals surface area (Å²) >= 11 is 1.55. The highest BCUT2D eigenvalue weighted by molar-refractivity contribution is 7.09. The molecule has 0 radical (unpaired) electrons. The third kappa shape index (κ3) is 8.86. The molecule has 0 saturated heterocycles. The molecule has 0 unspecified atom stereocenters. The van der Waals surface area contributed by atoms with Crippen LogP contribution < -0.4 is 0 Å². The largest absolute Gasteiger partial charge is 0.469 e. The zero-order valence-electron chi connectivity index (χ0n) is 22.9. The van der Waals surface area contributed by atoms with Gasteiger partial charge in [0.25, 0.3) is 0 Å². The number of thiazole rings is 1. The van der Waals surface area contributed by atoms with E-state index in [9.17, 15) is 15.0 Å². The van der Waals surface area contributed by atoms with Crippen molar-refractivity contribution in [3.8, 4) is 0 Å². The van der Waals surface area contributed by atoms with Gasteiger partial charge in [-0.2, -0.15) is 0 Å². The van der Waals surface area contributed by atoms with Crippen molar-refractivity contribution in [1.82, 2.24) is 4.98 Å². The molecule has 0 bridgehead atoms. The summed E-state index contributed by atoms with van der Waals surface area (Å²) in [6, 6.07) is 0. The molecule has 0 saturated carbocycles. The Bertz CT molecular complexity index is 816. The molecule has 8 heteroatoms. The molecule has 1 rings (SSSR count). The van der Waals surface area contributed by atoms with E-state index in [1.165, 1.54) is 7.11 Å². The third-order valence-corrected chi connectivity index (χ3v) is 12.6. The molecule has 0 aliphatic rings. The van der Waals surface area contributed by atoms with Gasteiger partial charge in [0, 0.05) is 18.4 Å². The maximum absolute atomic E-state index is 12.7. The minimum Gasteiger partial charge on any atom is -0.469 e. The van der Waals surface area contributed by atoms with Gasteiger partial charge in [-0.05, 0) is 69.3 Å². The van der Waals surface area contributed by atoms with E-state index in [2.05, 4.69) is 45.8 Å². The first kappa shape index (κ1) is 31.0. The van der Waals surface area contributed by atoms with Gasteiger partial charge in [-0.3, -0.25) is 4.79 Å². The van der Waals surface area contributed by atoms with Crippen LogP contribution in [0.5, 0.6) is 0 Å². The highest BCUT2D eigenvalue weighted by Crippen LogP contribution is 2.37. The summed E-state index contributed by atoms with van der Waals surface area (Å²) in [5.74, 6) is -0.0976. The van der Waals surface area contributed by atoms with Gasteiger partial charge in [0.05, 0.1) is 35.4 Å². The van der Waals surface area contributed by atoms with Crippen LogP contribution in [0, 0.1) is 18.3 Å². The van der Waals surface area contributed by atoms with E-state index in [1.54, 1.807) is 18.3 Å². The fourth-order valence-corrected chi connectivity index (χ4v) is 5.24. The molecule has 34 heavy (non-hydrogen) atoms. The van der Waals surface area contributed by atoms with Crippen molar-refractivity contribution in [1.29, 1.82) is 0 Å². The number of esters is 1. The van der Waals surface area contributed by atoms with Crippen LogP contribution in [-0.4, -0.2) is 55.4 Å². The molecule has 0 spiro atoms. The Morgan fingerprint density at radius 3 is 2.38 bits per heavy atom. The Balaban J connectivity index is 2.73. The highest BCUT2D eigenvalue weighted by Gasteiger charge is 2.42. The SMILES string of the molecule is COC(=O)[C@@](C)(CCC[C@H](C)CO[Si](C)(C)C(C)(C)C)[C@H](O)C[C@H](O)/C(C)=C/c1csc(C)n1. The van der Waals surface area contributed by atoms with Crippen LogP contribution in [0.2, 0.25) is 18.1 Å². The van der Waals surface area contributed by atoms with Crippen LogP contribution in [0.1, 0.15) is 77.9 Å². The summed E-state index contributed by atoms with van der Waals surface area (Å²) in [5, 5.41) is 24.7. The van der Waals surface area contributed by atoms with Gasteiger partial charge in [0.15, 0.2) is 8.32 Å². The van der Waals surface area contributed by atoms with Crippen LogP contribution in [0.15, 0.2) is 11.0 Å². The second-order valence-corrected chi connectivity index (χ2v) is 17.3. The van der Waals surface area contributed by atoms with Crippen molar-refractivity contribution < 1.29 is 24.2 Å². The number of aliphatic hydroxyl groups is 2. The molecule has 0 aliphatic carbocycles. The van der Waals surface area contributed by atoms with Crippen molar-refractivity contribution in [2.24, 2.45) is 11.3 Å². The maximum atomic E-state index is 12.7. The minimum absolute atomic E-state index is 0.0566. The van der Waals surface area contributed by atoms with Gasteiger partial charge in [-0.1, -0.05) is 34.1 Å². The van der Waals surface area contributed by atoms with Gasteiger partial charge in [0.2, 0.25) is 0 Å². The number of hydrogen-bond donors (Lipinski definition) is 2. The molecule has 0 aromatic carbocycles. The van der Waals surface area contributed by atoms with Crippen LogP contribution in [0.25, 0.3) is 6.08 Å². The summed E-state index contributed by atoms with van der Waals surface area (Å²) in [6.45, 7) is 19.5. The van der Waals surface area contributed by atoms with Gasteiger partial charge in [-0.15, -0.1) is 11.3 Å². The van der Waals surface area contributed by atoms with Crippen LogP contribution in [-0.2, 0) is 14.0 Å². The Morgan fingerprint density at radius 2 is 1.88 bits per heavy atom. The molecule has 0 fully saturated rings. The monoisotopic (exact) mass is 513 g/mol. The second kappa shape index (κ2) is 12.8. The number of hydrogen-bond acceptors (Lipinski definition) is 7. The van der Waals surface area contributed by atoms with E-state index >= 15 is 0 Å². The summed E-state index contributed by atoms with van der Waals surface area (Å²) < 4.78 is 11.4. The van der Waals surface area contributed by atoms with Gasteiger partial charge in [-0.25, -0.2) is 4.98 Å². The first-order valence-corrected chi connectivity index (χ1v) is 16.0. The number of nitrogens with zero attached hydrogens (tertiary/aromatic N) is 1. The van der Waals surface area contributed by atoms with Gasteiger partial charge >= 0.3 is 5.97 Å². The van der Waals surface area contributed by atoms with E-state index in [0.29, 0.717) is 24.5 Å². The smallest absolute Gasteiger partial charge is 0.314 e. The lowest BCUT2D eigenvalue weighted by Gasteiger charge is -2.37. The van der Waals surface area contributed by atoms with Crippen molar-refractivity contribution in [3.05, 3.63) is 21.7 Å². The number of carbonyl (C=O) groups is 1. The van der Waals surface area contributed by atoms with E-state index in [0.717, 1.165) is 23.5 Å². The lowest BCUT2D eigenvalue weighted by atomic mass is 9.76. The summed E-state index contributed by atoms with van der Waals surface area (Å²) in [6.07, 6.45) is 2.09. The molecule has 2 N–H and O–H groups in total. The van der Waals surface area contributed by atoms with Crippen LogP contribution >= 0.6 is 11.3 Å².